The Morgan fingerprint density at radius 2 is 2.35 bits per heavy atom. The number of aromatic amines is 1. The van der Waals surface area contributed by atoms with Gasteiger partial charge < -0.3 is 25.0 Å². The van der Waals surface area contributed by atoms with Crippen molar-refractivity contribution in [3.63, 3.8) is 0 Å². The second-order valence-corrected chi connectivity index (χ2v) is 5.03. The predicted molar refractivity (Wildman–Crippen MR) is 73.1 cm³/mol. The zero-order valence-corrected chi connectivity index (χ0v) is 11.6. The molecular formula is C13H19N3O4. The number of carbonyl (C=O) groups is 2. The number of nitrogens with one attached hydrogen (secondary N) is 2. The average molecular weight is 281 g/mol. The van der Waals surface area contributed by atoms with E-state index in [0.717, 1.165) is 6.42 Å². The number of aromatic nitrogens is 1. The summed E-state index contributed by atoms with van der Waals surface area (Å²) in [6.07, 6.45) is 0.902. The first-order valence-corrected chi connectivity index (χ1v) is 6.49. The fourth-order valence-corrected chi connectivity index (χ4v) is 2.44. The van der Waals surface area contributed by atoms with Gasteiger partial charge in [0.2, 0.25) is 0 Å². The lowest BCUT2D eigenvalue weighted by molar-refractivity contribution is 0.0692. The zero-order chi connectivity index (χ0) is 14.7. The van der Waals surface area contributed by atoms with Crippen LogP contribution in [0, 0.1) is 12.8 Å². The summed E-state index contributed by atoms with van der Waals surface area (Å²) in [5, 5.41) is 11.7. The van der Waals surface area contributed by atoms with Gasteiger partial charge in [-0.2, -0.15) is 0 Å². The standard InChI is InChI=1S/C13H19N3O4/c1-8-5-10(11(14-8)12(17)18)15-13(19)16-4-3-9(6-16)7-20-2/h5,9,14H,3-4,6-7H2,1-2H3,(H,15,19)(H,17,18). The molecule has 20 heavy (non-hydrogen) atoms. The maximum atomic E-state index is 12.1. The number of aryl methyl sites for hydroxylation is 1. The molecule has 0 bridgehead atoms. The van der Waals surface area contributed by atoms with Crippen LogP contribution in [0.15, 0.2) is 6.07 Å². The molecule has 1 atom stereocenters. The van der Waals surface area contributed by atoms with Gasteiger partial charge in [0.05, 0.1) is 12.3 Å². The number of anilines is 1. The van der Waals surface area contributed by atoms with E-state index in [2.05, 4.69) is 10.3 Å². The first-order chi connectivity index (χ1) is 9.51. The Balaban J connectivity index is 2.00. The summed E-state index contributed by atoms with van der Waals surface area (Å²) in [7, 11) is 1.64. The van der Waals surface area contributed by atoms with E-state index in [9.17, 15) is 9.59 Å². The van der Waals surface area contributed by atoms with E-state index in [1.54, 1.807) is 25.0 Å². The first kappa shape index (κ1) is 14.4. The van der Waals surface area contributed by atoms with Crippen molar-refractivity contribution >= 4 is 17.7 Å². The Labute approximate surface area is 116 Å². The maximum Gasteiger partial charge on any atom is 0.354 e. The highest BCUT2D eigenvalue weighted by Crippen LogP contribution is 2.20. The third-order valence-electron chi connectivity index (χ3n) is 3.38. The van der Waals surface area contributed by atoms with Crippen LogP contribution in [0.25, 0.3) is 0 Å². The molecule has 0 spiro atoms. The molecule has 1 fully saturated rings. The summed E-state index contributed by atoms with van der Waals surface area (Å²) in [6.45, 7) is 3.66. The molecule has 0 aliphatic carbocycles. The number of aromatic carboxylic acids is 1. The molecule has 1 aliphatic rings. The highest BCUT2D eigenvalue weighted by Gasteiger charge is 2.27. The minimum Gasteiger partial charge on any atom is -0.477 e. The lowest BCUT2D eigenvalue weighted by Gasteiger charge is -2.17. The number of likely N-dealkylation sites (tertiary alicyclic amines) is 1. The fraction of sp³-hybridized carbons (Fsp3) is 0.538. The SMILES string of the molecule is COCC1CCN(C(=O)Nc2cc(C)[nH]c2C(=O)O)C1. The molecule has 1 unspecified atom stereocenters. The van der Waals surface area contributed by atoms with E-state index >= 15 is 0 Å². The smallest absolute Gasteiger partial charge is 0.354 e. The summed E-state index contributed by atoms with van der Waals surface area (Å²) in [6, 6.07) is 1.34. The number of carbonyl (C=O) groups excluding carboxylic acids is 1. The van der Waals surface area contributed by atoms with Crippen LogP contribution in [0.5, 0.6) is 0 Å². The van der Waals surface area contributed by atoms with Gasteiger partial charge in [0, 0.05) is 31.8 Å². The molecule has 0 saturated carbocycles. The van der Waals surface area contributed by atoms with E-state index in [0.29, 0.717) is 37.0 Å². The van der Waals surface area contributed by atoms with Gasteiger partial charge in [-0.3, -0.25) is 0 Å². The van der Waals surface area contributed by atoms with Gasteiger partial charge in [0.1, 0.15) is 5.69 Å². The Morgan fingerprint density at radius 1 is 1.60 bits per heavy atom. The van der Waals surface area contributed by atoms with Crippen molar-refractivity contribution in [3.05, 3.63) is 17.5 Å². The van der Waals surface area contributed by atoms with Gasteiger partial charge >= 0.3 is 12.0 Å². The Kier molecular flexibility index (Phi) is 4.29. The molecule has 1 aromatic heterocycles. The molecule has 7 nitrogen and oxygen atoms in total. The number of methoxy groups -OCH3 is 1. The van der Waals surface area contributed by atoms with Crippen LogP contribution in [-0.4, -0.2) is 53.8 Å². The molecule has 2 amide bonds. The molecule has 1 saturated heterocycles. The number of rotatable bonds is 4. The average Bonchev–Trinajstić information content (AvgIpc) is 2.97. The van der Waals surface area contributed by atoms with E-state index in [-0.39, 0.29) is 11.7 Å². The topological polar surface area (TPSA) is 94.7 Å². The second kappa shape index (κ2) is 5.96. The molecule has 2 rings (SSSR count). The van der Waals surface area contributed by atoms with Crippen molar-refractivity contribution in [1.29, 1.82) is 0 Å². The summed E-state index contributed by atoms with van der Waals surface area (Å²) in [4.78, 5) is 27.6. The molecule has 1 aliphatic heterocycles. The van der Waals surface area contributed by atoms with Crippen molar-refractivity contribution in [1.82, 2.24) is 9.88 Å². The van der Waals surface area contributed by atoms with Crippen LogP contribution < -0.4 is 5.32 Å². The number of hydrogen-bond acceptors (Lipinski definition) is 3. The van der Waals surface area contributed by atoms with Crippen LogP contribution in [0.2, 0.25) is 0 Å². The fourth-order valence-electron chi connectivity index (χ4n) is 2.44. The van der Waals surface area contributed by atoms with Gasteiger partial charge in [-0.1, -0.05) is 0 Å². The summed E-state index contributed by atoms with van der Waals surface area (Å²) in [5.74, 6) is -0.746. The quantitative estimate of drug-likeness (QED) is 0.780. The van der Waals surface area contributed by atoms with Crippen molar-refractivity contribution in [2.45, 2.75) is 13.3 Å². The monoisotopic (exact) mass is 281 g/mol. The van der Waals surface area contributed by atoms with Crippen LogP contribution in [0.3, 0.4) is 0 Å². The van der Waals surface area contributed by atoms with E-state index in [4.69, 9.17) is 9.84 Å². The second-order valence-electron chi connectivity index (χ2n) is 5.03. The van der Waals surface area contributed by atoms with Crippen molar-refractivity contribution < 1.29 is 19.4 Å². The van der Waals surface area contributed by atoms with Crippen LogP contribution in [0.4, 0.5) is 10.5 Å². The van der Waals surface area contributed by atoms with Gasteiger partial charge in [-0.15, -0.1) is 0 Å². The van der Waals surface area contributed by atoms with Gasteiger partial charge in [0.15, 0.2) is 0 Å². The maximum absolute atomic E-state index is 12.1. The molecule has 7 heteroatoms. The number of ether oxygens (including phenoxy) is 1. The number of carboxylic acids is 1. The Bertz CT molecular complexity index is 512. The van der Waals surface area contributed by atoms with Crippen molar-refractivity contribution in [2.24, 2.45) is 5.92 Å². The highest BCUT2D eigenvalue weighted by atomic mass is 16.5. The molecular weight excluding hydrogens is 262 g/mol. The molecule has 0 radical (unpaired) electrons. The van der Waals surface area contributed by atoms with Crippen LogP contribution in [0.1, 0.15) is 22.6 Å². The highest BCUT2D eigenvalue weighted by molar-refractivity contribution is 5.99. The van der Waals surface area contributed by atoms with Crippen molar-refractivity contribution in [2.75, 3.05) is 32.1 Å². The largest absolute Gasteiger partial charge is 0.477 e. The van der Waals surface area contributed by atoms with Gasteiger partial charge in [0.25, 0.3) is 0 Å². The van der Waals surface area contributed by atoms with Crippen LogP contribution >= 0.6 is 0 Å². The Morgan fingerprint density at radius 3 is 3.00 bits per heavy atom. The summed E-state index contributed by atoms with van der Waals surface area (Å²) < 4.78 is 5.08. The third-order valence-corrected chi connectivity index (χ3v) is 3.38. The molecule has 0 aromatic carbocycles. The van der Waals surface area contributed by atoms with E-state index < -0.39 is 5.97 Å². The molecule has 3 N–H and O–H groups in total. The number of H-pyrrole nitrogens is 1. The summed E-state index contributed by atoms with van der Waals surface area (Å²) in [5.41, 5.74) is 0.995. The zero-order valence-electron chi connectivity index (χ0n) is 11.6. The lowest BCUT2D eigenvalue weighted by Crippen LogP contribution is -2.33. The van der Waals surface area contributed by atoms with Gasteiger partial charge in [-0.05, 0) is 19.4 Å². The molecule has 2 heterocycles. The minimum absolute atomic E-state index is 0.00323. The predicted octanol–water partition coefficient (Wildman–Crippen LogP) is 1.52. The number of amides is 2. The van der Waals surface area contributed by atoms with Crippen LogP contribution in [-0.2, 0) is 4.74 Å². The Hall–Kier alpha value is -2.02. The first-order valence-electron chi connectivity index (χ1n) is 6.49. The molecule has 110 valence electrons. The summed E-state index contributed by atoms with van der Waals surface area (Å²) >= 11 is 0. The number of carboxylic acid groups (broad SMARTS) is 1. The van der Waals surface area contributed by atoms with Gasteiger partial charge in [-0.25, -0.2) is 9.59 Å². The number of urea groups is 1. The normalized spacial score (nSPS) is 18.3. The molecule has 1 aromatic rings. The van der Waals surface area contributed by atoms with E-state index in [1.165, 1.54) is 0 Å². The number of nitrogens with zero attached hydrogens (tertiary/aromatic N) is 1. The number of hydrogen-bond donors (Lipinski definition) is 3. The van der Waals surface area contributed by atoms with E-state index in [1.807, 2.05) is 0 Å². The lowest BCUT2D eigenvalue weighted by atomic mass is 10.1. The van der Waals surface area contributed by atoms with Crippen molar-refractivity contribution in [3.8, 4) is 0 Å². The third kappa shape index (κ3) is 3.11. The minimum atomic E-state index is -1.09.